The van der Waals surface area contributed by atoms with Crippen LogP contribution in [0.3, 0.4) is 0 Å². The van der Waals surface area contributed by atoms with Gasteiger partial charge < -0.3 is 9.25 Å². The molecule has 6 heteroatoms. The Labute approximate surface area is 221 Å². The Morgan fingerprint density at radius 1 is 0.838 bits per heavy atom. The van der Waals surface area contributed by atoms with E-state index >= 15 is 0 Å². The van der Waals surface area contributed by atoms with Crippen molar-refractivity contribution in [1.82, 2.24) is 0 Å². The van der Waals surface area contributed by atoms with Gasteiger partial charge in [-0.3, -0.25) is 4.79 Å². The van der Waals surface area contributed by atoms with Crippen molar-refractivity contribution >= 4 is 40.2 Å². The monoisotopic (exact) mass is 513 g/mol. The fourth-order valence-corrected chi connectivity index (χ4v) is 4.84. The number of hydrogen-bond donors (Lipinski definition) is 0. The Morgan fingerprint density at radius 2 is 1.49 bits per heavy atom. The van der Waals surface area contributed by atoms with E-state index in [-0.39, 0.29) is 5.78 Å². The quantitative estimate of drug-likeness (QED) is 0.0625. The molecule has 4 rings (SSSR count). The highest BCUT2D eigenvalue weighted by Gasteiger charge is 2.14. The molecule has 0 unspecified atom stereocenters. The zero-order valence-corrected chi connectivity index (χ0v) is 22.1. The maximum absolute atomic E-state index is 12.9. The number of carbonyl (C=O) groups is 2. The summed E-state index contributed by atoms with van der Waals surface area (Å²) in [6.45, 7) is 3.56. The molecule has 0 fully saturated rings. The number of nitrogens with zero attached hydrogens (tertiary/aromatic N) is 1. The van der Waals surface area contributed by atoms with Crippen LogP contribution in [0.5, 0.6) is 0 Å². The fraction of sp³-hybridized carbons (Fsp3) is 0.258. The molecule has 37 heavy (non-hydrogen) atoms. The number of carbonyl (C=O) groups excluding carboxylic acids is 2. The first-order chi connectivity index (χ1) is 18.0. The van der Waals surface area contributed by atoms with Crippen molar-refractivity contribution in [3.05, 3.63) is 95.7 Å². The molecule has 4 aromatic rings. The molecule has 0 aliphatic carbocycles. The Morgan fingerprint density at radius 3 is 2.14 bits per heavy atom. The van der Waals surface area contributed by atoms with Crippen LogP contribution in [-0.4, -0.2) is 17.5 Å². The number of rotatable bonds is 12. The number of hydrogen-bond acceptors (Lipinski definition) is 6. The van der Waals surface area contributed by atoms with Crippen LogP contribution in [0.25, 0.3) is 11.0 Å². The van der Waals surface area contributed by atoms with Gasteiger partial charge in [0.1, 0.15) is 5.58 Å². The van der Waals surface area contributed by atoms with E-state index in [9.17, 15) is 9.59 Å². The average molecular weight is 514 g/mol. The van der Waals surface area contributed by atoms with Gasteiger partial charge in [-0.05, 0) is 66.9 Å². The van der Waals surface area contributed by atoms with Gasteiger partial charge in [-0.2, -0.15) is 0 Å². The van der Waals surface area contributed by atoms with Gasteiger partial charge in [0.2, 0.25) is 5.78 Å². The second-order valence-corrected chi connectivity index (χ2v) is 10.1. The molecule has 0 aliphatic heterocycles. The molecule has 0 aliphatic rings. The predicted octanol–water partition coefficient (Wildman–Crippen LogP) is 8.44. The SMILES string of the molecule is CCCCCCC/C(=N\OC(C)=O)c1ccc(Sc2ccc(C(=O)c3cc4ccccc4o3)cc2)cc1. The second kappa shape index (κ2) is 13.1. The lowest BCUT2D eigenvalue weighted by Crippen LogP contribution is -2.04. The molecule has 0 bridgehead atoms. The summed E-state index contributed by atoms with van der Waals surface area (Å²) in [7, 11) is 0. The molecule has 0 amide bonds. The van der Waals surface area contributed by atoms with Crippen molar-refractivity contribution in [2.45, 2.75) is 62.2 Å². The summed E-state index contributed by atoms with van der Waals surface area (Å²) in [5.74, 6) is -0.210. The molecule has 0 spiro atoms. The van der Waals surface area contributed by atoms with Gasteiger partial charge in [-0.1, -0.05) is 79.9 Å². The molecular formula is C31H31NO4S. The third-order valence-electron chi connectivity index (χ3n) is 5.99. The summed E-state index contributed by atoms with van der Waals surface area (Å²) in [6, 6.07) is 25.0. The van der Waals surface area contributed by atoms with Gasteiger partial charge in [-0.15, -0.1) is 0 Å². The van der Waals surface area contributed by atoms with Crippen LogP contribution in [0.1, 0.15) is 74.1 Å². The number of oxime groups is 1. The second-order valence-electron chi connectivity index (χ2n) is 8.91. The van der Waals surface area contributed by atoms with Gasteiger partial charge in [0, 0.05) is 27.7 Å². The van der Waals surface area contributed by atoms with Gasteiger partial charge >= 0.3 is 5.97 Å². The molecule has 0 radical (unpaired) electrons. The average Bonchev–Trinajstić information content (AvgIpc) is 3.35. The van der Waals surface area contributed by atoms with Crippen LogP contribution >= 0.6 is 11.8 Å². The third kappa shape index (κ3) is 7.43. The van der Waals surface area contributed by atoms with E-state index in [4.69, 9.17) is 9.25 Å². The zero-order chi connectivity index (χ0) is 26.0. The summed E-state index contributed by atoms with van der Waals surface area (Å²) in [4.78, 5) is 31.2. The Kier molecular flexibility index (Phi) is 9.33. The summed E-state index contributed by atoms with van der Waals surface area (Å²) in [5, 5.41) is 5.03. The molecular weight excluding hydrogens is 482 g/mol. The standard InChI is InChI=1S/C31H31NO4S/c1-3-4-5-6-7-11-28(32-36-22(2)33)23-13-17-26(18-14-23)37-27-19-15-24(16-20-27)31(34)30-21-25-10-8-9-12-29(25)35-30/h8-10,12-21H,3-7,11H2,1-2H3/b32-28+. The summed E-state index contributed by atoms with van der Waals surface area (Å²) >= 11 is 1.61. The lowest BCUT2D eigenvalue weighted by molar-refractivity contribution is -0.140. The number of fused-ring (bicyclic) bond motifs is 1. The van der Waals surface area contributed by atoms with Gasteiger partial charge in [0.15, 0.2) is 5.76 Å². The molecule has 1 heterocycles. The van der Waals surface area contributed by atoms with Crippen molar-refractivity contribution in [2.24, 2.45) is 5.16 Å². The fourth-order valence-electron chi connectivity index (χ4n) is 4.02. The number of benzene rings is 3. The molecule has 190 valence electrons. The topological polar surface area (TPSA) is 68.9 Å². The minimum Gasteiger partial charge on any atom is -0.453 e. The van der Waals surface area contributed by atoms with Crippen LogP contribution in [0.4, 0.5) is 0 Å². The molecule has 0 saturated carbocycles. The van der Waals surface area contributed by atoms with Crippen LogP contribution in [0.2, 0.25) is 0 Å². The van der Waals surface area contributed by atoms with Crippen LogP contribution in [0, 0.1) is 0 Å². The lowest BCUT2D eigenvalue weighted by Gasteiger charge is -2.08. The number of para-hydroxylation sites is 1. The van der Waals surface area contributed by atoms with Crippen LogP contribution in [-0.2, 0) is 9.63 Å². The highest BCUT2D eigenvalue weighted by molar-refractivity contribution is 7.99. The molecule has 5 nitrogen and oxygen atoms in total. The first kappa shape index (κ1) is 26.4. The molecule has 0 saturated heterocycles. The van der Waals surface area contributed by atoms with Crippen molar-refractivity contribution in [1.29, 1.82) is 0 Å². The maximum Gasteiger partial charge on any atom is 0.331 e. The normalized spacial score (nSPS) is 11.6. The van der Waals surface area contributed by atoms with E-state index in [1.165, 1.54) is 26.2 Å². The summed E-state index contributed by atoms with van der Waals surface area (Å²) in [5.41, 5.74) is 3.03. The van der Waals surface area contributed by atoms with Gasteiger partial charge in [0.25, 0.3) is 0 Å². The number of unbranched alkanes of at least 4 members (excludes halogenated alkanes) is 4. The van der Waals surface area contributed by atoms with E-state index in [1.807, 2.05) is 72.8 Å². The van der Waals surface area contributed by atoms with E-state index < -0.39 is 5.97 Å². The summed E-state index contributed by atoms with van der Waals surface area (Å²) < 4.78 is 5.72. The van der Waals surface area contributed by atoms with E-state index in [2.05, 4.69) is 12.1 Å². The van der Waals surface area contributed by atoms with Crippen molar-refractivity contribution < 1.29 is 18.8 Å². The maximum atomic E-state index is 12.9. The van der Waals surface area contributed by atoms with Crippen molar-refractivity contribution in [3.63, 3.8) is 0 Å². The van der Waals surface area contributed by atoms with E-state index in [0.717, 1.165) is 45.7 Å². The molecule has 1 aromatic heterocycles. The van der Waals surface area contributed by atoms with E-state index in [1.54, 1.807) is 17.8 Å². The van der Waals surface area contributed by atoms with Gasteiger partial charge in [0.05, 0.1) is 5.71 Å². The largest absolute Gasteiger partial charge is 0.453 e. The van der Waals surface area contributed by atoms with Gasteiger partial charge in [-0.25, -0.2) is 4.79 Å². The smallest absolute Gasteiger partial charge is 0.331 e. The first-order valence-corrected chi connectivity index (χ1v) is 13.5. The highest BCUT2D eigenvalue weighted by Crippen LogP contribution is 2.29. The highest BCUT2D eigenvalue weighted by atomic mass is 32.2. The number of ketones is 1. The molecule has 0 atom stereocenters. The molecule has 0 N–H and O–H groups in total. The summed E-state index contributed by atoms with van der Waals surface area (Å²) in [6.07, 6.45) is 6.55. The zero-order valence-electron chi connectivity index (χ0n) is 21.2. The Balaban J connectivity index is 1.39. The minimum absolute atomic E-state index is 0.133. The Hall–Kier alpha value is -3.64. The van der Waals surface area contributed by atoms with Crippen molar-refractivity contribution in [2.75, 3.05) is 0 Å². The predicted molar refractivity (Wildman–Crippen MR) is 148 cm³/mol. The van der Waals surface area contributed by atoms with E-state index in [0.29, 0.717) is 16.9 Å². The van der Waals surface area contributed by atoms with Crippen molar-refractivity contribution in [3.8, 4) is 0 Å². The molecule has 3 aromatic carbocycles. The van der Waals surface area contributed by atoms with Crippen LogP contribution < -0.4 is 0 Å². The first-order valence-electron chi connectivity index (χ1n) is 12.7. The number of furan rings is 1. The van der Waals surface area contributed by atoms with Crippen LogP contribution in [0.15, 0.2) is 98.2 Å². The lowest BCUT2D eigenvalue weighted by atomic mass is 10.0. The Bertz CT molecular complexity index is 1340. The minimum atomic E-state index is -0.419. The third-order valence-corrected chi connectivity index (χ3v) is 7.01.